The van der Waals surface area contributed by atoms with Crippen molar-refractivity contribution >= 4 is 70.2 Å². The molecule has 2 fully saturated rings. The zero-order chi connectivity index (χ0) is 19.9. The molecule has 0 spiro atoms. The van der Waals surface area contributed by atoms with Crippen molar-refractivity contribution in [2.75, 3.05) is 0 Å². The fourth-order valence-corrected chi connectivity index (χ4v) is 4.37. The fourth-order valence-electron chi connectivity index (χ4n) is 3.08. The van der Waals surface area contributed by atoms with Crippen molar-refractivity contribution in [2.45, 2.75) is 45.8 Å². The molecule has 0 heterocycles. The minimum atomic E-state index is -0.366. The Bertz CT molecular complexity index is 763. The van der Waals surface area contributed by atoms with Gasteiger partial charge in [0.15, 0.2) is 0 Å². The third-order valence-electron chi connectivity index (χ3n) is 5.31. The lowest BCUT2D eigenvalue weighted by molar-refractivity contribution is -0.147. The lowest BCUT2D eigenvalue weighted by atomic mass is 9.97. The lowest BCUT2D eigenvalue weighted by Gasteiger charge is -2.22. The first-order chi connectivity index (χ1) is 12.7. The van der Waals surface area contributed by atoms with E-state index >= 15 is 0 Å². The largest absolute Gasteiger partial charge is 0.460 e. The first-order valence-electron chi connectivity index (χ1n) is 8.52. The van der Waals surface area contributed by atoms with Crippen LogP contribution in [0.3, 0.4) is 0 Å². The van der Waals surface area contributed by atoms with E-state index in [2.05, 4.69) is 5.16 Å². The van der Waals surface area contributed by atoms with Crippen LogP contribution >= 0.6 is 58.0 Å². The van der Waals surface area contributed by atoms with E-state index in [4.69, 9.17) is 67.6 Å². The summed E-state index contributed by atoms with van der Waals surface area (Å²) >= 11 is 30.4. The van der Waals surface area contributed by atoms with Crippen LogP contribution in [0.15, 0.2) is 5.16 Å². The molecule has 0 bridgehead atoms. The van der Waals surface area contributed by atoms with E-state index in [1.54, 1.807) is 6.21 Å². The maximum Gasteiger partial charge on any atom is 0.310 e. The van der Waals surface area contributed by atoms with Crippen LogP contribution in [-0.2, 0) is 21.0 Å². The maximum atomic E-state index is 12.5. The second-order valence-electron chi connectivity index (χ2n) is 7.39. The van der Waals surface area contributed by atoms with E-state index in [0.29, 0.717) is 5.56 Å². The number of rotatable bonds is 6. The Morgan fingerprint density at radius 3 is 2.15 bits per heavy atom. The average Bonchev–Trinajstić information content (AvgIpc) is 3.14. The minimum Gasteiger partial charge on any atom is -0.460 e. The van der Waals surface area contributed by atoms with Crippen molar-refractivity contribution < 1.29 is 14.4 Å². The van der Waals surface area contributed by atoms with Crippen molar-refractivity contribution in [1.82, 2.24) is 0 Å². The molecule has 2 saturated carbocycles. The molecule has 148 valence electrons. The molecule has 0 aromatic heterocycles. The summed E-state index contributed by atoms with van der Waals surface area (Å²) in [5.74, 6) is -0.732. The van der Waals surface area contributed by atoms with E-state index in [1.807, 2.05) is 13.8 Å². The van der Waals surface area contributed by atoms with Crippen LogP contribution in [0.5, 0.6) is 0 Å². The summed E-state index contributed by atoms with van der Waals surface area (Å²) < 4.78 is 5.42. The first kappa shape index (κ1) is 21.3. The highest BCUT2D eigenvalue weighted by atomic mass is 35.5. The zero-order valence-corrected chi connectivity index (χ0v) is 18.5. The number of carbonyl (C=O) groups is 1. The van der Waals surface area contributed by atoms with Gasteiger partial charge in [0.1, 0.15) is 12.7 Å². The van der Waals surface area contributed by atoms with Crippen molar-refractivity contribution in [3.05, 3.63) is 30.7 Å². The molecule has 0 amide bonds. The van der Waals surface area contributed by atoms with Gasteiger partial charge in [-0.2, -0.15) is 0 Å². The molecule has 0 N–H and O–H groups in total. The second-order valence-corrected chi connectivity index (χ2v) is 9.28. The van der Waals surface area contributed by atoms with Crippen molar-refractivity contribution in [3.63, 3.8) is 0 Å². The molecule has 4 nitrogen and oxygen atoms in total. The van der Waals surface area contributed by atoms with E-state index in [1.165, 1.54) is 6.42 Å². The average molecular weight is 474 g/mol. The highest BCUT2D eigenvalue weighted by molar-refractivity contribution is 6.55. The molecule has 27 heavy (non-hydrogen) atoms. The Labute approximate surface area is 183 Å². The number of halogens is 5. The van der Waals surface area contributed by atoms with Crippen LogP contribution in [0.4, 0.5) is 0 Å². The van der Waals surface area contributed by atoms with Crippen LogP contribution in [0.1, 0.15) is 38.7 Å². The summed E-state index contributed by atoms with van der Waals surface area (Å²) in [7, 11) is 0. The van der Waals surface area contributed by atoms with E-state index in [9.17, 15) is 4.79 Å². The Hall–Kier alpha value is -0.390. The summed E-state index contributed by atoms with van der Waals surface area (Å²) in [6.45, 7) is 3.81. The van der Waals surface area contributed by atoms with Gasteiger partial charge >= 0.3 is 5.97 Å². The number of nitrogens with zero attached hydrogens (tertiary/aromatic N) is 1. The number of carbonyl (C=O) groups excluding carboxylic acids is 1. The van der Waals surface area contributed by atoms with Gasteiger partial charge in [0.2, 0.25) is 0 Å². The molecule has 9 heteroatoms. The number of hydrogen-bond acceptors (Lipinski definition) is 4. The summed E-state index contributed by atoms with van der Waals surface area (Å²) in [6.07, 6.45) is 5.14. The predicted molar refractivity (Wildman–Crippen MR) is 109 cm³/mol. The summed E-state index contributed by atoms with van der Waals surface area (Å²) in [6, 6.07) is 0. The van der Waals surface area contributed by atoms with Crippen molar-refractivity contribution in [1.29, 1.82) is 0 Å². The maximum absolute atomic E-state index is 12.5. The molecule has 0 unspecified atom stereocenters. The summed E-state index contributed by atoms with van der Waals surface area (Å²) in [5.41, 5.74) is 0.0648. The Kier molecular flexibility index (Phi) is 6.44. The molecular weight excluding hydrogens is 455 g/mol. The molecule has 0 radical (unpaired) electrons. The van der Waals surface area contributed by atoms with Gasteiger partial charge in [0.05, 0.1) is 31.0 Å². The third-order valence-corrected chi connectivity index (χ3v) is 7.66. The highest BCUT2D eigenvalue weighted by Crippen LogP contribution is 2.58. The quantitative estimate of drug-likeness (QED) is 0.150. The standard InChI is InChI=1S/C18H18Cl5NO3/c1-18(2)10(6-24-27-8-4-3-5-8)11(18)17(25)26-7-9-12(19)14(21)16(23)15(22)13(9)20/h6,8,10-11H,3-5,7H2,1-2H3/t10-,11-/m0/s1. The SMILES string of the molecule is CC1(C)[C@H](C(=O)OCc2c(Cl)c(Cl)c(Cl)c(Cl)c2Cl)[C@@H]1C=NOC1CCC1. The molecule has 1 aromatic carbocycles. The normalized spacial score (nSPS) is 24.0. The topological polar surface area (TPSA) is 47.9 Å². The predicted octanol–water partition coefficient (Wildman–Crippen LogP) is 6.82. The van der Waals surface area contributed by atoms with Crippen LogP contribution in [-0.4, -0.2) is 18.3 Å². The smallest absolute Gasteiger partial charge is 0.310 e. The van der Waals surface area contributed by atoms with E-state index in [0.717, 1.165) is 12.8 Å². The van der Waals surface area contributed by atoms with Crippen LogP contribution in [0, 0.1) is 17.3 Å². The zero-order valence-electron chi connectivity index (χ0n) is 14.7. The Morgan fingerprint density at radius 2 is 1.63 bits per heavy atom. The molecule has 2 atom stereocenters. The van der Waals surface area contributed by atoms with E-state index < -0.39 is 0 Å². The molecule has 3 rings (SSSR count). The van der Waals surface area contributed by atoms with Gasteiger partial charge in [-0.25, -0.2) is 0 Å². The number of oxime groups is 1. The molecule has 2 aliphatic carbocycles. The van der Waals surface area contributed by atoms with Gasteiger partial charge in [0, 0.05) is 17.7 Å². The highest BCUT2D eigenvalue weighted by Gasteiger charge is 2.62. The van der Waals surface area contributed by atoms with Gasteiger partial charge in [-0.3, -0.25) is 4.79 Å². The van der Waals surface area contributed by atoms with Gasteiger partial charge in [-0.15, -0.1) is 0 Å². The fraction of sp³-hybridized carbons (Fsp3) is 0.556. The van der Waals surface area contributed by atoms with Crippen LogP contribution in [0.25, 0.3) is 0 Å². The molecule has 0 saturated heterocycles. The monoisotopic (exact) mass is 471 g/mol. The van der Waals surface area contributed by atoms with E-state index in [-0.39, 0.29) is 61.0 Å². The van der Waals surface area contributed by atoms with Crippen molar-refractivity contribution in [3.8, 4) is 0 Å². The van der Waals surface area contributed by atoms with Gasteiger partial charge in [-0.1, -0.05) is 77.0 Å². The molecular formula is C18H18Cl5NO3. The Balaban J connectivity index is 1.63. The third kappa shape index (κ3) is 4.16. The van der Waals surface area contributed by atoms with Crippen LogP contribution in [0.2, 0.25) is 25.1 Å². The van der Waals surface area contributed by atoms with Crippen molar-refractivity contribution in [2.24, 2.45) is 22.4 Å². The minimum absolute atomic E-state index is 0.0478. The van der Waals surface area contributed by atoms with Gasteiger partial charge in [-0.05, 0) is 24.7 Å². The molecule has 0 aliphatic heterocycles. The number of ether oxygens (including phenoxy) is 1. The molecule has 1 aromatic rings. The summed E-state index contributed by atoms with van der Waals surface area (Å²) in [4.78, 5) is 17.9. The second kappa shape index (κ2) is 8.16. The van der Waals surface area contributed by atoms with Crippen LogP contribution < -0.4 is 0 Å². The summed E-state index contributed by atoms with van der Waals surface area (Å²) in [5, 5.41) is 4.48. The number of benzene rings is 1. The number of hydrogen-bond donors (Lipinski definition) is 0. The first-order valence-corrected chi connectivity index (χ1v) is 10.4. The number of esters is 1. The molecule has 2 aliphatic rings. The van der Waals surface area contributed by atoms with Gasteiger partial charge < -0.3 is 9.57 Å². The Morgan fingerprint density at radius 1 is 1.07 bits per heavy atom. The van der Waals surface area contributed by atoms with Gasteiger partial charge in [0.25, 0.3) is 0 Å². The lowest BCUT2D eigenvalue weighted by Crippen LogP contribution is -2.19.